The van der Waals surface area contributed by atoms with Crippen LogP contribution in [0.1, 0.15) is 37.4 Å². The zero-order valence-electron chi connectivity index (χ0n) is 16.9. The number of quaternary nitrogens is 1. The third-order valence-corrected chi connectivity index (χ3v) is 4.71. The standard InChI is InChI=1S/C22H30N2O4/c1-4-19(14-25)23-13-17-10-11-20(21(12-17)27-3)28-15-22(26)24-16(2)18-8-6-5-7-9-18/h5-12,16,19,23,25H,4,13-15H2,1-3H3,(H,24,26)/p+1/t16-,19+/m0/s1. The maximum atomic E-state index is 12.2. The van der Waals surface area contributed by atoms with E-state index in [2.05, 4.69) is 17.6 Å². The first-order valence-corrected chi connectivity index (χ1v) is 9.65. The van der Waals surface area contributed by atoms with E-state index in [4.69, 9.17) is 9.47 Å². The largest absolute Gasteiger partial charge is 0.493 e. The lowest BCUT2D eigenvalue weighted by Gasteiger charge is -2.16. The Balaban J connectivity index is 1.89. The number of rotatable bonds is 11. The van der Waals surface area contributed by atoms with Gasteiger partial charge in [-0.2, -0.15) is 0 Å². The summed E-state index contributed by atoms with van der Waals surface area (Å²) in [6, 6.07) is 15.6. The molecule has 2 aromatic rings. The third-order valence-electron chi connectivity index (χ3n) is 4.71. The summed E-state index contributed by atoms with van der Waals surface area (Å²) in [6.45, 7) is 4.81. The molecule has 2 rings (SSSR count). The molecule has 0 spiro atoms. The molecule has 2 atom stereocenters. The second kappa shape index (κ2) is 11.3. The molecule has 0 aliphatic rings. The van der Waals surface area contributed by atoms with Crippen molar-refractivity contribution in [3.05, 3.63) is 59.7 Å². The van der Waals surface area contributed by atoms with Gasteiger partial charge in [-0.1, -0.05) is 37.3 Å². The number of amides is 1. The number of aliphatic hydroxyl groups is 1. The molecular formula is C22H31N2O4+. The molecule has 0 radical (unpaired) electrons. The average Bonchev–Trinajstić information content (AvgIpc) is 2.73. The van der Waals surface area contributed by atoms with E-state index in [-0.39, 0.29) is 31.2 Å². The molecular weight excluding hydrogens is 356 g/mol. The van der Waals surface area contributed by atoms with Gasteiger partial charge in [0.25, 0.3) is 5.91 Å². The summed E-state index contributed by atoms with van der Waals surface area (Å²) in [6.07, 6.45) is 0.908. The maximum absolute atomic E-state index is 12.2. The molecule has 0 bridgehead atoms. The van der Waals surface area contributed by atoms with E-state index in [1.165, 1.54) is 0 Å². The molecule has 0 saturated heterocycles. The van der Waals surface area contributed by atoms with Crippen molar-refractivity contribution in [1.82, 2.24) is 5.32 Å². The van der Waals surface area contributed by atoms with Crippen LogP contribution in [0.3, 0.4) is 0 Å². The molecule has 0 saturated carbocycles. The summed E-state index contributed by atoms with van der Waals surface area (Å²) in [7, 11) is 1.58. The number of nitrogens with two attached hydrogens (primary N) is 1. The lowest BCUT2D eigenvalue weighted by Crippen LogP contribution is -2.89. The average molecular weight is 388 g/mol. The molecule has 152 valence electrons. The number of carbonyl (C=O) groups is 1. The molecule has 0 aliphatic carbocycles. The number of hydrogen-bond donors (Lipinski definition) is 3. The van der Waals surface area contributed by atoms with Gasteiger partial charge in [-0.3, -0.25) is 4.79 Å². The number of nitrogens with one attached hydrogen (secondary N) is 1. The van der Waals surface area contributed by atoms with E-state index in [1.807, 2.05) is 55.5 Å². The van der Waals surface area contributed by atoms with Crippen molar-refractivity contribution in [2.75, 3.05) is 20.3 Å². The quantitative estimate of drug-likeness (QED) is 0.549. The van der Waals surface area contributed by atoms with Gasteiger partial charge in [-0.05, 0) is 37.1 Å². The minimum absolute atomic E-state index is 0.0819. The van der Waals surface area contributed by atoms with E-state index in [0.717, 1.165) is 24.1 Å². The Morgan fingerprint density at radius 2 is 1.93 bits per heavy atom. The number of ether oxygens (including phenoxy) is 2. The number of methoxy groups -OCH3 is 1. The molecule has 0 heterocycles. The van der Waals surface area contributed by atoms with Crippen molar-refractivity contribution in [2.24, 2.45) is 0 Å². The van der Waals surface area contributed by atoms with Crippen molar-refractivity contribution in [2.45, 2.75) is 38.9 Å². The monoisotopic (exact) mass is 387 g/mol. The van der Waals surface area contributed by atoms with Crippen LogP contribution >= 0.6 is 0 Å². The predicted molar refractivity (Wildman–Crippen MR) is 108 cm³/mol. The van der Waals surface area contributed by atoms with Gasteiger partial charge in [0, 0.05) is 5.56 Å². The normalized spacial score (nSPS) is 12.9. The van der Waals surface area contributed by atoms with Crippen molar-refractivity contribution >= 4 is 5.91 Å². The Bertz CT molecular complexity index is 733. The molecule has 4 N–H and O–H groups in total. The zero-order valence-corrected chi connectivity index (χ0v) is 16.9. The lowest BCUT2D eigenvalue weighted by molar-refractivity contribution is -0.706. The molecule has 6 nitrogen and oxygen atoms in total. The van der Waals surface area contributed by atoms with Crippen molar-refractivity contribution in [3.8, 4) is 11.5 Å². The molecule has 0 unspecified atom stereocenters. The first-order chi connectivity index (χ1) is 13.6. The van der Waals surface area contributed by atoms with Gasteiger partial charge in [0.15, 0.2) is 18.1 Å². The number of aliphatic hydroxyl groups excluding tert-OH is 1. The predicted octanol–water partition coefficient (Wildman–Crippen LogP) is 1.79. The van der Waals surface area contributed by atoms with Crippen LogP contribution in [0.2, 0.25) is 0 Å². The second-order valence-corrected chi connectivity index (χ2v) is 6.76. The molecule has 28 heavy (non-hydrogen) atoms. The van der Waals surface area contributed by atoms with Crippen molar-refractivity contribution in [3.63, 3.8) is 0 Å². The Morgan fingerprint density at radius 1 is 1.18 bits per heavy atom. The summed E-state index contributed by atoms with van der Waals surface area (Å²) < 4.78 is 11.1. The Kier molecular flexibility index (Phi) is 8.78. The SMILES string of the molecule is CC[C@H](CO)[NH2+]Cc1ccc(OCC(=O)N[C@@H](C)c2ccccc2)c(OC)c1. The van der Waals surface area contributed by atoms with E-state index >= 15 is 0 Å². The van der Waals surface area contributed by atoms with Gasteiger partial charge < -0.3 is 25.2 Å². The highest BCUT2D eigenvalue weighted by Crippen LogP contribution is 2.27. The number of hydrogen-bond acceptors (Lipinski definition) is 4. The molecule has 0 aromatic heterocycles. The molecule has 0 aliphatic heterocycles. The van der Waals surface area contributed by atoms with Gasteiger partial charge in [0.05, 0.1) is 19.8 Å². The molecule has 0 fully saturated rings. The smallest absolute Gasteiger partial charge is 0.258 e. The summed E-state index contributed by atoms with van der Waals surface area (Å²) in [5, 5.41) is 14.3. The fraction of sp³-hybridized carbons (Fsp3) is 0.409. The minimum Gasteiger partial charge on any atom is -0.493 e. The van der Waals surface area contributed by atoms with Gasteiger partial charge in [-0.25, -0.2) is 0 Å². The fourth-order valence-electron chi connectivity index (χ4n) is 2.88. The highest BCUT2D eigenvalue weighted by molar-refractivity contribution is 5.78. The molecule has 2 aromatic carbocycles. The maximum Gasteiger partial charge on any atom is 0.258 e. The summed E-state index contributed by atoms with van der Waals surface area (Å²) in [4.78, 5) is 12.2. The van der Waals surface area contributed by atoms with Gasteiger partial charge in [0.2, 0.25) is 0 Å². The van der Waals surface area contributed by atoms with Crippen molar-refractivity contribution in [1.29, 1.82) is 0 Å². The first kappa shape index (κ1) is 21.7. The third kappa shape index (κ3) is 6.55. The summed E-state index contributed by atoms with van der Waals surface area (Å²) >= 11 is 0. The van der Waals surface area contributed by atoms with E-state index < -0.39 is 0 Å². The van der Waals surface area contributed by atoms with E-state index in [0.29, 0.717) is 11.5 Å². The highest BCUT2D eigenvalue weighted by atomic mass is 16.5. The van der Waals surface area contributed by atoms with Crippen LogP contribution in [0.5, 0.6) is 11.5 Å². The van der Waals surface area contributed by atoms with E-state index in [9.17, 15) is 9.90 Å². The first-order valence-electron chi connectivity index (χ1n) is 9.65. The zero-order chi connectivity index (χ0) is 20.4. The summed E-state index contributed by atoms with van der Waals surface area (Å²) in [5.41, 5.74) is 2.11. The van der Waals surface area contributed by atoms with Crippen molar-refractivity contribution < 1.29 is 24.7 Å². The Morgan fingerprint density at radius 3 is 2.57 bits per heavy atom. The van der Waals surface area contributed by atoms with Crippen LogP contribution in [0.25, 0.3) is 0 Å². The minimum atomic E-state index is -0.190. The molecule has 6 heteroatoms. The van der Waals surface area contributed by atoms with Gasteiger partial charge in [0.1, 0.15) is 12.6 Å². The number of benzene rings is 2. The Hall–Kier alpha value is -2.57. The van der Waals surface area contributed by atoms with Crippen LogP contribution < -0.4 is 20.1 Å². The van der Waals surface area contributed by atoms with Crippen LogP contribution in [-0.4, -0.2) is 37.4 Å². The fourth-order valence-corrected chi connectivity index (χ4v) is 2.88. The topological polar surface area (TPSA) is 84.4 Å². The lowest BCUT2D eigenvalue weighted by atomic mass is 10.1. The second-order valence-electron chi connectivity index (χ2n) is 6.76. The number of carbonyl (C=O) groups excluding carboxylic acids is 1. The van der Waals surface area contributed by atoms with Crippen LogP contribution in [-0.2, 0) is 11.3 Å². The van der Waals surface area contributed by atoms with Gasteiger partial charge >= 0.3 is 0 Å². The van der Waals surface area contributed by atoms with Crippen LogP contribution in [0, 0.1) is 0 Å². The highest BCUT2D eigenvalue weighted by Gasteiger charge is 2.13. The van der Waals surface area contributed by atoms with E-state index in [1.54, 1.807) is 7.11 Å². The van der Waals surface area contributed by atoms with Crippen LogP contribution in [0.4, 0.5) is 0 Å². The van der Waals surface area contributed by atoms with Gasteiger partial charge in [-0.15, -0.1) is 0 Å². The molecule has 1 amide bonds. The van der Waals surface area contributed by atoms with Crippen LogP contribution in [0.15, 0.2) is 48.5 Å². The summed E-state index contributed by atoms with van der Waals surface area (Å²) in [5.74, 6) is 0.930. The Labute approximate surface area is 166 Å².